The van der Waals surface area contributed by atoms with Gasteiger partial charge in [-0.2, -0.15) is 12.2 Å². The smallest absolute Gasteiger partial charge is 1.00 e. The second kappa shape index (κ2) is 18.8. The van der Waals surface area contributed by atoms with Gasteiger partial charge < -0.3 is 24.8 Å². The van der Waals surface area contributed by atoms with Crippen molar-refractivity contribution in [2.24, 2.45) is 0 Å². The summed E-state index contributed by atoms with van der Waals surface area (Å²) in [5, 5.41) is 10.8. The molecule has 6 aromatic carbocycles. The molecule has 0 radical (unpaired) electrons. The Labute approximate surface area is 279 Å². The molecule has 0 aliphatic heterocycles. The Morgan fingerprint density at radius 2 is 0.700 bits per heavy atom. The van der Waals surface area contributed by atoms with E-state index in [0.29, 0.717) is 0 Å². The maximum absolute atomic E-state index is 2.99. The van der Waals surface area contributed by atoms with Crippen molar-refractivity contribution in [3.8, 4) is 0 Å². The number of rotatable bonds is 0. The molecule has 0 fully saturated rings. The summed E-state index contributed by atoms with van der Waals surface area (Å²) < 4.78 is 0. The molecule has 8 rings (SSSR count). The minimum atomic E-state index is 0. The first-order valence-corrected chi connectivity index (χ1v) is 12.4. The molecule has 0 heterocycles. The predicted molar refractivity (Wildman–Crippen MR) is 157 cm³/mol. The SMILES string of the molecule is [C-]1=CC=CC1.[C-]1=CC=CC1.[Cl-].[Cl-].[Ti+2].[Ti+2].c1ccc2c(c1)[cH-]c1ccccc12.c1ccc2c(c1)[cH-]c1ccccc12. The van der Waals surface area contributed by atoms with Crippen LogP contribution in [0.2, 0.25) is 0 Å². The molecule has 4 heteroatoms. The monoisotopic (exact) mass is 626 g/mol. The van der Waals surface area contributed by atoms with E-state index in [0.717, 1.165) is 12.8 Å². The van der Waals surface area contributed by atoms with Crippen molar-refractivity contribution in [1.29, 1.82) is 0 Å². The van der Waals surface area contributed by atoms with E-state index in [9.17, 15) is 0 Å². The molecule has 0 saturated carbocycles. The van der Waals surface area contributed by atoms with Gasteiger partial charge >= 0.3 is 43.4 Å². The fourth-order valence-electron chi connectivity index (χ4n) is 4.49. The summed E-state index contributed by atoms with van der Waals surface area (Å²) in [6, 6.07) is 38.5. The molecule has 0 bridgehead atoms. The summed E-state index contributed by atoms with van der Waals surface area (Å²) in [5.74, 6) is 0. The molecule has 0 atom stereocenters. The molecule has 40 heavy (non-hydrogen) atoms. The Morgan fingerprint density at radius 1 is 0.425 bits per heavy atom. The molecule has 0 amide bonds. The standard InChI is InChI=1S/2C13H9.2C5H5.2ClH.2Ti/c2*1-3-7-12-10(5-1)9-11-6-2-4-8-13(11)12;2*1-2-4-5-3-1;;;;/h2*1-9H;2*1-3H,4H2;2*1H;;/q4*-1;;;2*+2/p-2. The molecule has 2 aliphatic carbocycles. The van der Waals surface area contributed by atoms with Crippen molar-refractivity contribution < 1.29 is 68.2 Å². The van der Waals surface area contributed by atoms with Crippen LogP contribution in [0.3, 0.4) is 0 Å². The van der Waals surface area contributed by atoms with Gasteiger partial charge in [-0.25, -0.2) is 24.3 Å². The van der Waals surface area contributed by atoms with Gasteiger partial charge in [0, 0.05) is 0 Å². The fourth-order valence-corrected chi connectivity index (χ4v) is 4.49. The van der Waals surface area contributed by atoms with E-state index in [2.05, 4.69) is 133 Å². The van der Waals surface area contributed by atoms with E-state index < -0.39 is 0 Å². The van der Waals surface area contributed by atoms with Gasteiger partial charge in [0.1, 0.15) is 0 Å². The van der Waals surface area contributed by atoms with Crippen molar-refractivity contribution in [1.82, 2.24) is 0 Å². The van der Waals surface area contributed by atoms with Crippen molar-refractivity contribution >= 4 is 43.1 Å². The Balaban J connectivity index is 0.000000279. The van der Waals surface area contributed by atoms with Gasteiger partial charge in [0.25, 0.3) is 0 Å². The molecule has 0 aromatic heterocycles. The van der Waals surface area contributed by atoms with Gasteiger partial charge in [0.2, 0.25) is 0 Å². The van der Waals surface area contributed by atoms with Crippen LogP contribution in [0.15, 0.2) is 146 Å². The first-order chi connectivity index (χ1) is 17.9. The van der Waals surface area contributed by atoms with E-state index in [1.165, 1.54) is 43.1 Å². The van der Waals surface area contributed by atoms with Gasteiger partial charge in [0.05, 0.1) is 0 Å². The van der Waals surface area contributed by atoms with E-state index in [-0.39, 0.29) is 68.2 Å². The van der Waals surface area contributed by atoms with E-state index in [4.69, 9.17) is 0 Å². The van der Waals surface area contributed by atoms with Crippen molar-refractivity contribution in [3.05, 3.63) is 158 Å². The minimum Gasteiger partial charge on any atom is -1.00 e. The summed E-state index contributed by atoms with van der Waals surface area (Å²) >= 11 is 0. The van der Waals surface area contributed by atoms with Gasteiger partial charge in [-0.3, -0.25) is 12.2 Å². The second-order valence-electron chi connectivity index (χ2n) is 8.64. The number of halogens is 2. The number of hydrogen-bond acceptors (Lipinski definition) is 0. The van der Waals surface area contributed by atoms with Crippen LogP contribution in [-0.4, -0.2) is 0 Å². The molecule has 6 aromatic rings. The van der Waals surface area contributed by atoms with Gasteiger partial charge in [0.15, 0.2) is 0 Å². The maximum Gasteiger partial charge on any atom is 2.00 e. The number of hydrogen-bond donors (Lipinski definition) is 0. The summed E-state index contributed by atoms with van der Waals surface area (Å²) in [6.07, 6.45) is 20.0. The topological polar surface area (TPSA) is 0 Å². The van der Waals surface area contributed by atoms with Crippen LogP contribution in [0.4, 0.5) is 0 Å². The van der Waals surface area contributed by atoms with Crippen LogP contribution in [0.25, 0.3) is 43.1 Å². The van der Waals surface area contributed by atoms with Crippen LogP contribution in [0, 0.1) is 12.2 Å². The summed E-state index contributed by atoms with van der Waals surface area (Å²) in [5.41, 5.74) is 0. The fraction of sp³-hybridized carbons (Fsp3) is 0.0556. The zero-order valence-corrected chi connectivity index (χ0v) is 26.7. The molecule has 0 spiro atoms. The third-order valence-electron chi connectivity index (χ3n) is 6.22. The van der Waals surface area contributed by atoms with Crippen molar-refractivity contribution in [3.63, 3.8) is 0 Å². The number of fused-ring (bicyclic) bond motifs is 6. The molecule has 0 nitrogen and oxygen atoms in total. The van der Waals surface area contributed by atoms with Crippen molar-refractivity contribution in [2.75, 3.05) is 0 Å². The van der Waals surface area contributed by atoms with Crippen LogP contribution >= 0.6 is 0 Å². The Bertz CT molecular complexity index is 1450. The molecular weight excluding hydrogens is 599 g/mol. The molecule has 0 unspecified atom stereocenters. The average Bonchev–Trinajstić information content (AvgIpc) is 3.77. The zero-order chi connectivity index (χ0) is 24.4. The minimum absolute atomic E-state index is 0. The molecule has 196 valence electrons. The van der Waals surface area contributed by atoms with Crippen LogP contribution in [0.1, 0.15) is 12.8 Å². The average molecular weight is 627 g/mol. The van der Waals surface area contributed by atoms with E-state index >= 15 is 0 Å². The largest absolute Gasteiger partial charge is 2.00 e. The first-order valence-electron chi connectivity index (χ1n) is 12.4. The summed E-state index contributed by atoms with van der Waals surface area (Å²) in [7, 11) is 0. The predicted octanol–water partition coefficient (Wildman–Crippen LogP) is 4.04. The zero-order valence-electron chi connectivity index (χ0n) is 22.0. The Kier molecular flexibility index (Phi) is 16.8. The molecule has 0 saturated heterocycles. The quantitative estimate of drug-likeness (QED) is 0.176. The Hall–Kier alpha value is -2.41. The summed E-state index contributed by atoms with van der Waals surface area (Å²) in [6.45, 7) is 0. The number of allylic oxidation sites excluding steroid dienone is 8. The van der Waals surface area contributed by atoms with E-state index in [1.54, 1.807) is 0 Å². The molecule has 0 N–H and O–H groups in total. The second-order valence-corrected chi connectivity index (χ2v) is 8.64. The van der Waals surface area contributed by atoms with Gasteiger partial charge in [-0.1, -0.05) is 72.8 Å². The van der Waals surface area contributed by atoms with Crippen LogP contribution in [0.5, 0.6) is 0 Å². The van der Waals surface area contributed by atoms with Gasteiger partial charge in [-0.15, -0.1) is 92.3 Å². The van der Waals surface area contributed by atoms with Crippen molar-refractivity contribution in [2.45, 2.75) is 12.8 Å². The molecule has 2 aliphatic rings. The third-order valence-corrected chi connectivity index (χ3v) is 6.22. The van der Waals surface area contributed by atoms with Crippen LogP contribution < -0.4 is 24.8 Å². The van der Waals surface area contributed by atoms with Gasteiger partial charge in [-0.05, 0) is 0 Å². The normalized spacial score (nSPS) is 11.6. The van der Waals surface area contributed by atoms with E-state index in [1.807, 2.05) is 24.3 Å². The van der Waals surface area contributed by atoms with Crippen LogP contribution in [-0.2, 0) is 43.4 Å². The third kappa shape index (κ3) is 9.32. The first kappa shape index (κ1) is 35.6. The Morgan fingerprint density at radius 3 is 0.900 bits per heavy atom. The number of benzene rings is 4. The maximum atomic E-state index is 2.99. The molecular formula is C36H28Cl2Ti2-2. The summed E-state index contributed by atoms with van der Waals surface area (Å²) in [4.78, 5) is 0.